The van der Waals surface area contributed by atoms with Crippen LogP contribution in [0.4, 0.5) is 15.0 Å². The Morgan fingerprint density at radius 2 is 2.14 bits per heavy atom. The molecule has 1 fully saturated rings. The van der Waals surface area contributed by atoms with Crippen LogP contribution in [0.5, 0.6) is 0 Å². The number of nitrogens with one attached hydrogen (secondary N) is 1. The third kappa shape index (κ3) is 4.32. The molecule has 0 unspecified atom stereocenters. The summed E-state index contributed by atoms with van der Waals surface area (Å²) >= 11 is 0. The molecular weight excluding hydrogens is 357 g/mol. The van der Waals surface area contributed by atoms with Crippen LogP contribution < -0.4 is 5.32 Å². The number of aryl methyl sites for hydroxylation is 1. The molecule has 2 aliphatic rings. The molecule has 0 radical (unpaired) electrons. The van der Waals surface area contributed by atoms with Gasteiger partial charge in [-0.15, -0.1) is 0 Å². The minimum Gasteiger partial charge on any atom is -0.445 e. The van der Waals surface area contributed by atoms with Crippen LogP contribution in [0.15, 0.2) is 48.5 Å². The molecule has 1 atom stereocenters. The fourth-order valence-corrected chi connectivity index (χ4v) is 3.57. The van der Waals surface area contributed by atoms with E-state index in [4.69, 9.17) is 4.74 Å². The number of anilines is 1. The first kappa shape index (κ1) is 18.5. The molecule has 1 saturated heterocycles. The molecule has 6 heteroatoms. The fraction of sp³-hybridized carbons (Fsp3) is 0.364. The van der Waals surface area contributed by atoms with Crippen LogP contribution in [-0.2, 0) is 17.8 Å². The predicted octanol–water partition coefficient (Wildman–Crippen LogP) is 4.20. The fourth-order valence-electron chi connectivity index (χ4n) is 3.57. The molecule has 146 valence electrons. The molecule has 0 aliphatic carbocycles. The third-order valence-electron chi connectivity index (χ3n) is 5.18. The van der Waals surface area contributed by atoms with Crippen molar-refractivity contribution in [1.82, 2.24) is 9.88 Å². The van der Waals surface area contributed by atoms with E-state index >= 15 is 4.39 Å². The number of benzene rings is 1. The number of hydrogen-bond acceptors (Lipinski definition) is 4. The van der Waals surface area contributed by atoms with Gasteiger partial charge in [0.25, 0.3) is 0 Å². The highest BCUT2D eigenvalue weighted by atomic mass is 19.1. The predicted molar refractivity (Wildman–Crippen MR) is 107 cm³/mol. The van der Waals surface area contributed by atoms with Crippen LogP contribution in [0.25, 0.3) is 6.08 Å². The van der Waals surface area contributed by atoms with Gasteiger partial charge in [-0.1, -0.05) is 36.4 Å². The molecule has 0 saturated carbocycles. The maximum absolute atomic E-state index is 15.1. The molecule has 4 rings (SSSR count). The van der Waals surface area contributed by atoms with Crippen molar-refractivity contribution in [3.05, 3.63) is 65.4 Å². The summed E-state index contributed by atoms with van der Waals surface area (Å²) in [4.78, 5) is 18.2. The second kappa shape index (κ2) is 8.00. The molecule has 1 amide bonds. The Kier molecular flexibility index (Phi) is 5.28. The topological polar surface area (TPSA) is 54.5 Å². The second-order valence-electron chi connectivity index (χ2n) is 7.35. The van der Waals surface area contributed by atoms with Crippen LogP contribution in [0, 0.1) is 0 Å². The minimum atomic E-state index is -1.56. The Labute approximate surface area is 164 Å². The molecule has 0 bridgehead atoms. The molecule has 0 spiro atoms. The Balaban J connectivity index is 1.34. The Bertz CT molecular complexity index is 871. The highest BCUT2D eigenvalue weighted by molar-refractivity contribution is 5.68. The summed E-state index contributed by atoms with van der Waals surface area (Å²) in [5.41, 5.74) is 1.27. The standard InChI is InChI=1S/C22H24FN3O2/c23-22(11-10-19-9-8-18-7-4-13-24-20(18)25-19)12-14-26(16-22)21(27)28-15-17-5-2-1-3-6-17/h1-3,5-6,8-11H,4,7,12-16H2,(H,24,25)/t22-/m0/s1. The number of carbonyl (C=O) groups is 1. The van der Waals surface area contributed by atoms with Gasteiger partial charge >= 0.3 is 6.09 Å². The van der Waals surface area contributed by atoms with Crippen LogP contribution in [-0.4, -0.2) is 41.3 Å². The van der Waals surface area contributed by atoms with E-state index in [9.17, 15) is 4.79 Å². The maximum atomic E-state index is 15.1. The number of hydrogen-bond donors (Lipinski definition) is 1. The number of pyridine rings is 1. The van der Waals surface area contributed by atoms with Crippen molar-refractivity contribution in [2.75, 3.05) is 25.0 Å². The van der Waals surface area contributed by atoms with Crippen molar-refractivity contribution in [1.29, 1.82) is 0 Å². The molecule has 3 heterocycles. The summed E-state index contributed by atoms with van der Waals surface area (Å²) in [6.07, 6.45) is 5.13. The zero-order valence-corrected chi connectivity index (χ0v) is 15.7. The lowest BCUT2D eigenvalue weighted by molar-refractivity contribution is 0.0988. The van der Waals surface area contributed by atoms with Crippen LogP contribution in [0.3, 0.4) is 0 Å². The molecular formula is C22H24FN3O2. The van der Waals surface area contributed by atoms with E-state index in [1.807, 2.05) is 42.5 Å². The number of halogens is 1. The van der Waals surface area contributed by atoms with Crippen molar-refractivity contribution in [3.63, 3.8) is 0 Å². The molecule has 1 aromatic carbocycles. The van der Waals surface area contributed by atoms with Gasteiger partial charge in [-0.05, 0) is 42.2 Å². The Hall–Kier alpha value is -2.89. The largest absolute Gasteiger partial charge is 0.445 e. The normalized spacial score (nSPS) is 21.4. The lowest BCUT2D eigenvalue weighted by atomic mass is 10.0. The molecule has 2 aromatic rings. The van der Waals surface area contributed by atoms with Crippen molar-refractivity contribution in [3.8, 4) is 0 Å². The van der Waals surface area contributed by atoms with Crippen LogP contribution in [0.1, 0.15) is 29.7 Å². The van der Waals surface area contributed by atoms with E-state index < -0.39 is 11.8 Å². The van der Waals surface area contributed by atoms with Gasteiger partial charge in [-0.2, -0.15) is 0 Å². The number of rotatable bonds is 4. The van der Waals surface area contributed by atoms with E-state index in [1.54, 1.807) is 6.08 Å². The number of alkyl halides is 1. The summed E-state index contributed by atoms with van der Waals surface area (Å²) in [5, 5.41) is 3.28. The molecule has 2 aliphatic heterocycles. The maximum Gasteiger partial charge on any atom is 0.410 e. The van der Waals surface area contributed by atoms with Gasteiger partial charge in [0.05, 0.1) is 12.2 Å². The highest BCUT2D eigenvalue weighted by Gasteiger charge is 2.38. The smallest absolute Gasteiger partial charge is 0.410 e. The quantitative estimate of drug-likeness (QED) is 0.862. The zero-order chi connectivity index (χ0) is 19.4. The van der Waals surface area contributed by atoms with Crippen LogP contribution >= 0.6 is 0 Å². The number of nitrogens with zero attached hydrogens (tertiary/aromatic N) is 2. The van der Waals surface area contributed by atoms with Crippen molar-refractivity contribution in [2.24, 2.45) is 0 Å². The van der Waals surface area contributed by atoms with Crippen LogP contribution in [0.2, 0.25) is 0 Å². The van der Waals surface area contributed by atoms with Gasteiger partial charge in [0.1, 0.15) is 18.1 Å². The lowest BCUT2D eigenvalue weighted by Gasteiger charge is -2.18. The van der Waals surface area contributed by atoms with Gasteiger partial charge < -0.3 is 15.0 Å². The van der Waals surface area contributed by atoms with Gasteiger partial charge in [-0.3, -0.25) is 0 Å². The Morgan fingerprint density at radius 1 is 1.29 bits per heavy atom. The first-order valence-corrected chi connectivity index (χ1v) is 9.69. The van der Waals surface area contributed by atoms with Gasteiger partial charge in [0, 0.05) is 19.5 Å². The number of aromatic nitrogens is 1. The van der Waals surface area contributed by atoms with Crippen molar-refractivity contribution >= 4 is 18.0 Å². The highest BCUT2D eigenvalue weighted by Crippen LogP contribution is 2.29. The summed E-state index contributed by atoms with van der Waals surface area (Å²) < 4.78 is 20.4. The monoisotopic (exact) mass is 381 g/mol. The first-order chi connectivity index (χ1) is 13.6. The van der Waals surface area contributed by atoms with Gasteiger partial charge in [0.2, 0.25) is 0 Å². The number of fused-ring (bicyclic) bond motifs is 1. The molecule has 1 N–H and O–H groups in total. The Morgan fingerprint density at radius 3 is 3.00 bits per heavy atom. The van der Waals surface area contributed by atoms with E-state index in [0.717, 1.165) is 36.5 Å². The summed E-state index contributed by atoms with van der Waals surface area (Å²) in [6, 6.07) is 13.4. The average molecular weight is 381 g/mol. The average Bonchev–Trinajstić information content (AvgIpc) is 3.14. The van der Waals surface area contributed by atoms with Gasteiger partial charge in [-0.25, -0.2) is 14.2 Å². The number of carbonyl (C=O) groups excluding carboxylic acids is 1. The van der Waals surface area contributed by atoms with Crippen molar-refractivity contribution < 1.29 is 13.9 Å². The van der Waals surface area contributed by atoms with E-state index in [2.05, 4.69) is 10.3 Å². The summed E-state index contributed by atoms with van der Waals surface area (Å²) in [6.45, 7) is 1.45. The zero-order valence-electron chi connectivity index (χ0n) is 15.7. The molecule has 5 nitrogen and oxygen atoms in total. The molecule has 1 aromatic heterocycles. The molecule has 28 heavy (non-hydrogen) atoms. The van der Waals surface area contributed by atoms with Crippen molar-refractivity contribution in [2.45, 2.75) is 31.5 Å². The number of amides is 1. The number of ether oxygens (including phenoxy) is 1. The summed E-state index contributed by atoms with van der Waals surface area (Å²) in [7, 11) is 0. The van der Waals surface area contributed by atoms with E-state index in [-0.39, 0.29) is 19.6 Å². The SMILES string of the molecule is O=C(OCc1ccccc1)N1CC[C@@](F)(C=Cc2ccc3c(n2)NCCC3)C1. The minimum absolute atomic E-state index is 0.000311. The van der Waals surface area contributed by atoms with E-state index in [1.165, 1.54) is 16.5 Å². The lowest BCUT2D eigenvalue weighted by Crippen LogP contribution is -2.32. The number of likely N-dealkylation sites (tertiary alicyclic amines) is 1. The second-order valence-corrected chi connectivity index (χ2v) is 7.35. The summed E-state index contributed by atoms with van der Waals surface area (Å²) in [5.74, 6) is 0.888. The van der Waals surface area contributed by atoms with Gasteiger partial charge in [0.15, 0.2) is 0 Å². The first-order valence-electron chi connectivity index (χ1n) is 9.69. The third-order valence-corrected chi connectivity index (χ3v) is 5.18. The van der Waals surface area contributed by atoms with E-state index in [0.29, 0.717) is 6.54 Å².